The lowest BCUT2D eigenvalue weighted by molar-refractivity contribution is -0.114. The Balaban J connectivity index is 2.06. The van der Waals surface area contributed by atoms with Crippen molar-refractivity contribution in [3.63, 3.8) is 0 Å². The molecule has 3 aromatic carbocycles. The van der Waals surface area contributed by atoms with E-state index in [1.807, 2.05) is 0 Å². The van der Waals surface area contributed by atoms with E-state index in [1.54, 1.807) is 25.1 Å². The van der Waals surface area contributed by atoms with Crippen molar-refractivity contribution < 1.29 is 41.7 Å². The molecule has 0 aliphatic rings. The van der Waals surface area contributed by atoms with Gasteiger partial charge in [-0.3, -0.25) is 9.10 Å². The Hall–Kier alpha value is -4.58. The summed E-state index contributed by atoms with van der Waals surface area (Å²) in [6.45, 7) is 1.07. The first kappa shape index (κ1) is 29.0. The quantitative estimate of drug-likeness (QED) is 0.372. The third-order valence-corrected chi connectivity index (χ3v) is 7.37. The van der Waals surface area contributed by atoms with E-state index in [4.69, 9.17) is 18.9 Å². The number of rotatable bonds is 10. The fourth-order valence-electron chi connectivity index (χ4n) is 3.69. The lowest BCUT2D eigenvalue weighted by Gasteiger charge is -2.25. The van der Waals surface area contributed by atoms with Crippen LogP contribution in [0.3, 0.4) is 0 Å². The minimum atomic E-state index is -4.34. The van der Waals surface area contributed by atoms with Crippen LogP contribution >= 0.6 is 0 Å². The zero-order valence-electron chi connectivity index (χ0n) is 22.0. The summed E-state index contributed by atoms with van der Waals surface area (Å²) in [6, 6.07) is 14.7. The van der Waals surface area contributed by atoms with Crippen molar-refractivity contribution in [1.82, 2.24) is 0 Å². The standard InChI is InChI=1S/C27H28N2O9S/c1-17-9-10-23(36-3)24(11-17)39(33,34)29(21-7-6-8-22(15-21)35-2)16-25(30)28-20-13-18(26(31)37-4)12-19(14-20)27(32)38-5/h6-15H,16H2,1-5H3,(H,28,30). The Labute approximate surface area is 226 Å². The zero-order chi connectivity index (χ0) is 28.7. The predicted octanol–water partition coefficient (Wildman–Crippen LogP) is 3.42. The number of nitrogens with one attached hydrogen (secondary N) is 1. The number of nitrogens with zero attached hydrogens (tertiary/aromatic N) is 1. The number of sulfonamides is 1. The summed E-state index contributed by atoms with van der Waals surface area (Å²) in [5.41, 5.74) is 0.848. The van der Waals surface area contributed by atoms with E-state index in [1.165, 1.54) is 70.9 Å². The summed E-state index contributed by atoms with van der Waals surface area (Å²) in [4.78, 5) is 37.3. The maximum absolute atomic E-state index is 13.9. The van der Waals surface area contributed by atoms with Gasteiger partial charge >= 0.3 is 11.9 Å². The molecule has 0 heterocycles. The second kappa shape index (κ2) is 12.3. The van der Waals surface area contributed by atoms with Crippen molar-refractivity contribution in [2.75, 3.05) is 44.6 Å². The summed E-state index contributed by atoms with van der Waals surface area (Å²) in [6.07, 6.45) is 0. The highest BCUT2D eigenvalue weighted by atomic mass is 32.2. The zero-order valence-corrected chi connectivity index (χ0v) is 22.8. The number of hydrogen-bond donors (Lipinski definition) is 1. The van der Waals surface area contributed by atoms with Crippen LogP contribution in [0.1, 0.15) is 26.3 Å². The van der Waals surface area contributed by atoms with Gasteiger partial charge < -0.3 is 24.3 Å². The first-order valence-electron chi connectivity index (χ1n) is 11.5. The second-order valence-corrected chi connectivity index (χ2v) is 10.0. The number of methoxy groups -OCH3 is 4. The Kier molecular flexibility index (Phi) is 9.15. The molecule has 206 valence electrons. The summed E-state index contributed by atoms with van der Waals surface area (Å²) < 4.78 is 48.7. The van der Waals surface area contributed by atoms with Gasteiger partial charge in [-0.2, -0.15) is 0 Å². The van der Waals surface area contributed by atoms with Crippen molar-refractivity contribution in [3.05, 3.63) is 77.4 Å². The molecule has 12 heteroatoms. The lowest BCUT2D eigenvalue weighted by Crippen LogP contribution is -2.38. The van der Waals surface area contributed by atoms with E-state index in [2.05, 4.69) is 5.32 Å². The maximum Gasteiger partial charge on any atom is 0.337 e. The molecule has 0 aromatic heterocycles. The summed E-state index contributed by atoms with van der Waals surface area (Å²) in [7, 11) is 0.777. The normalized spacial score (nSPS) is 10.8. The van der Waals surface area contributed by atoms with E-state index < -0.39 is 34.4 Å². The second-order valence-electron chi connectivity index (χ2n) is 8.20. The number of anilines is 2. The van der Waals surface area contributed by atoms with Crippen LogP contribution in [0.4, 0.5) is 11.4 Å². The lowest BCUT2D eigenvalue weighted by atomic mass is 10.1. The van der Waals surface area contributed by atoms with Crippen molar-refractivity contribution in [2.45, 2.75) is 11.8 Å². The van der Waals surface area contributed by atoms with Gasteiger partial charge in [-0.1, -0.05) is 12.1 Å². The van der Waals surface area contributed by atoms with E-state index in [0.29, 0.717) is 11.3 Å². The molecule has 0 fully saturated rings. The third-order valence-electron chi connectivity index (χ3n) is 5.57. The SMILES string of the molecule is COC(=O)c1cc(NC(=O)CN(c2cccc(OC)c2)S(=O)(=O)c2cc(C)ccc2OC)cc(C(=O)OC)c1. The maximum atomic E-state index is 13.9. The third kappa shape index (κ3) is 6.65. The van der Waals surface area contributed by atoms with E-state index in [-0.39, 0.29) is 33.1 Å². The van der Waals surface area contributed by atoms with Crippen LogP contribution < -0.4 is 19.1 Å². The molecule has 0 saturated carbocycles. The molecule has 11 nitrogen and oxygen atoms in total. The molecule has 0 aliphatic heterocycles. The van der Waals surface area contributed by atoms with Crippen molar-refractivity contribution in [3.8, 4) is 11.5 Å². The van der Waals surface area contributed by atoms with Gasteiger partial charge in [0.05, 0.1) is 45.3 Å². The van der Waals surface area contributed by atoms with Crippen molar-refractivity contribution in [1.29, 1.82) is 0 Å². The highest BCUT2D eigenvalue weighted by Gasteiger charge is 2.31. The molecule has 3 rings (SSSR count). The average Bonchev–Trinajstić information content (AvgIpc) is 2.94. The molecule has 3 aromatic rings. The molecule has 0 aliphatic carbocycles. The van der Waals surface area contributed by atoms with Crippen LogP contribution in [0.2, 0.25) is 0 Å². The van der Waals surface area contributed by atoms with Gasteiger partial charge in [0.2, 0.25) is 5.91 Å². The van der Waals surface area contributed by atoms with Crippen LogP contribution in [-0.2, 0) is 24.3 Å². The first-order chi connectivity index (χ1) is 18.5. The van der Waals surface area contributed by atoms with E-state index in [9.17, 15) is 22.8 Å². The van der Waals surface area contributed by atoms with Gasteiger partial charge in [0.25, 0.3) is 10.0 Å². The van der Waals surface area contributed by atoms with Crippen molar-refractivity contribution in [2.24, 2.45) is 0 Å². The highest BCUT2D eigenvalue weighted by Crippen LogP contribution is 2.32. The van der Waals surface area contributed by atoms with Gasteiger partial charge in [-0.05, 0) is 55.0 Å². The predicted molar refractivity (Wildman–Crippen MR) is 143 cm³/mol. The topological polar surface area (TPSA) is 138 Å². The largest absolute Gasteiger partial charge is 0.497 e. The van der Waals surface area contributed by atoms with E-state index in [0.717, 1.165) is 4.31 Å². The fraction of sp³-hybridized carbons (Fsp3) is 0.222. The molecular weight excluding hydrogens is 528 g/mol. The first-order valence-corrected chi connectivity index (χ1v) is 12.9. The molecule has 0 atom stereocenters. The summed E-state index contributed by atoms with van der Waals surface area (Å²) in [5.74, 6) is -1.78. The number of amides is 1. The van der Waals surface area contributed by atoms with Gasteiger partial charge in [0.15, 0.2) is 0 Å². The summed E-state index contributed by atoms with van der Waals surface area (Å²) in [5, 5.41) is 2.55. The number of esters is 2. The monoisotopic (exact) mass is 556 g/mol. The van der Waals surface area contributed by atoms with Gasteiger partial charge in [-0.25, -0.2) is 18.0 Å². The van der Waals surface area contributed by atoms with Crippen LogP contribution in [0.5, 0.6) is 11.5 Å². The number of ether oxygens (including phenoxy) is 4. The van der Waals surface area contributed by atoms with Gasteiger partial charge in [0.1, 0.15) is 22.9 Å². The van der Waals surface area contributed by atoms with E-state index >= 15 is 0 Å². The summed E-state index contributed by atoms with van der Waals surface area (Å²) >= 11 is 0. The average molecular weight is 557 g/mol. The molecule has 1 N–H and O–H groups in total. The molecule has 1 amide bonds. The highest BCUT2D eigenvalue weighted by molar-refractivity contribution is 7.93. The smallest absolute Gasteiger partial charge is 0.337 e. The molecule has 0 saturated heterocycles. The van der Waals surface area contributed by atoms with Crippen molar-refractivity contribution >= 4 is 39.2 Å². The van der Waals surface area contributed by atoms with Crippen LogP contribution in [0.15, 0.2) is 65.6 Å². The minimum absolute atomic E-state index is 0.0162. The molecule has 0 bridgehead atoms. The number of aryl methyl sites for hydroxylation is 1. The Morgan fingerprint density at radius 1 is 0.821 bits per heavy atom. The van der Waals surface area contributed by atoms with Crippen LogP contribution in [-0.4, -0.2) is 61.2 Å². The van der Waals surface area contributed by atoms with Gasteiger partial charge in [0, 0.05) is 11.8 Å². The molecular formula is C27H28N2O9S. The Morgan fingerprint density at radius 2 is 1.46 bits per heavy atom. The molecule has 0 spiro atoms. The van der Waals surface area contributed by atoms with Crippen LogP contribution in [0.25, 0.3) is 0 Å². The number of benzene rings is 3. The Bertz CT molecular complexity index is 1470. The van der Waals surface area contributed by atoms with Gasteiger partial charge in [-0.15, -0.1) is 0 Å². The molecule has 0 radical (unpaired) electrons. The number of carbonyl (C=O) groups is 3. The fourth-order valence-corrected chi connectivity index (χ4v) is 5.34. The Morgan fingerprint density at radius 3 is 2.03 bits per heavy atom. The molecule has 39 heavy (non-hydrogen) atoms. The number of carbonyl (C=O) groups excluding carboxylic acids is 3. The minimum Gasteiger partial charge on any atom is -0.497 e. The van der Waals surface area contributed by atoms with Crippen LogP contribution in [0, 0.1) is 6.92 Å². The number of hydrogen-bond acceptors (Lipinski definition) is 9. The molecule has 0 unspecified atom stereocenters.